The largest absolute Gasteiger partial charge is 0.363 e. The Hall–Kier alpha value is -0.0800. The van der Waals surface area contributed by atoms with Crippen molar-refractivity contribution in [1.29, 1.82) is 0 Å². The van der Waals surface area contributed by atoms with Crippen LogP contribution in [0.15, 0.2) is 0 Å². The van der Waals surface area contributed by atoms with E-state index in [9.17, 15) is 0 Å². The summed E-state index contributed by atoms with van der Waals surface area (Å²) in [5.41, 5.74) is 0.424. The molecule has 8 aliphatic rings. The highest BCUT2D eigenvalue weighted by molar-refractivity contribution is 5.29. The van der Waals surface area contributed by atoms with Crippen LogP contribution in [0.1, 0.15) is 44.9 Å². The van der Waals surface area contributed by atoms with Crippen LogP contribution in [0.4, 0.5) is 0 Å². The van der Waals surface area contributed by atoms with Gasteiger partial charge in [0, 0.05) is 0 Å². The van der Waals surface area contributed by atoms with E-state index in [-0.39, 0.29) is 11.2 Å². The fourth-order valence-corrected chi connectivity index (χ4v) is 5.10. The maximum Gasteiger partial charge on any atom is 0.126 e. The Kier molecular flexibility index (Phi) is 1.15. The summed E-state index contributed by atoms with van der Waals surface area (Å²) in [5.74, 6) is 1.95. The van der Waals surface area contributed by atoms with Crippen LogP contribution < -0.4 is 0 Å². The van der Waals surface area contributed by atoms with Gasteiger partial charge in [0.15, 0.2) is 0 Å². The van der Waals surface area contributed by atoms with Crippen LogP contribution >= 0.6 is 0 Å². The van der Waals surface area contributed by atoms with E-state index >= 15 is 0 Å². The lowest BCUT2D eigenvalue weighted by Gasteiger charge is -2.27. The number of ether oxygens (including phenoxy) is 2. The summed E-state index contributed by atoms with van der Waals surface area (Å²) in [6, 6.07) is 0. The van der Waals surface area contributed by atoms with Crippen molar-refractivity contribution in [3.05, 3.63) is 0 Å². The second-order valence-electron chi connectivity index (χ2n) is 6.51. The van der Waals surface area contributed by atoms with E-state index in [0.717, 1.165) is 11.8 Å². The van der Waals surface area contributed by atoms with Crippen LogP contribution in [0.25, 0.3) is 0 Å². The third-order valence-electron chi connectivity index (χ3n) is 5.96. The van der Waals surface area contributed by atoms with E-state index in [1.165, 1.54) is 44.9 Å². The molecule has 0 radical (unpaired) electrons. The summed E-state index contributed by atoms with van der Waals surface area (Å²) in [4.78, 5) is 0. The van der Waals surface area contributed by atoms with Gasteiger partial charge >= 0.3 is 0 Å². The maximum atomic E-state index is 6.12. The van der Waals surface area contributed by atoms with Crippen LogP contribution in [0.2, 0.25) is 0 Å². The van der Waals surface area contributed by atoms with Crippen LogP contribution in [0, 0.1) is 11.8 Å². The SMILES string of the molecule is C1CC23OC2CC1CC1CCC32OC2C1. The van der Waals surface area contributed by atoms with Crippen LogP contribution in [-0.2, 0) is 9.47 Å². The van der Waals surface area contributed by atoms with Crippen molar-refractivity contribution in [2.24, 2.45) is 11.8 Å². The highest BCUT2D eigenvalue weighted by Crippen LogP contribution is 2.70. The number of hydrogen-bond acceptors (Lipinski definition) is 2. The van der Waals surface area contributed by atoms with E-state index in [0.29, 0.717) is 12.2 Å². The van der Waals surface area contributed by atoms with Crippen molar-refractivity contribution in [2.45, 2.75) is 68.4 Å². The van der Waals surface area contributed by atoms with Gasteiger partial charge in [-0.3, -0.25) is 0 Å². The molecule has 2 aliphatic heterocycles. The Balaban J connectivity index is 1.65. The van der Waals surface area contributed by atoms with Crippen LogP contribution in [0.5, 0.6) is 0 Å². The molecule has 8 fully saturated rings. The normalized spacial score (nSPS) is 68.8. The topological polar surface area (TPSA) is 25.1 Å². The van der Waals surface area contributed by atoms with Gasteiger partial charge in [0.25, 0.3) is 0 Å². The van der Waals surface area contributed by atoms with E-state index in [4.69, 9.17) is 9.47 Å². The van der Waals surface area contributed by atoms with Gasteiger partial charge in [0.05, 0.1) is 12.2 Å². The van der Waals surface area contributed by atoms with Crippen molar-refractivity contribution in [3.8, 4) is 0 Å². The lowest BCUT2D eigenvalue weighted by molar-refractivity contribution is 0.134. The summed E-state index contributed by atoms with van der Waals surface area (Å²) in [5, 5.41) is 0. The average Bonchev–Trinajstić information content (AvgIpc) is 3.08. The lowest BCUT2D eigenvalue weighted by atomic mass is 9.72. The first-order chi connectivity index (χ1) is 7.32. The zero-order chi connectivity index (χ0) is 9.67. The van der Waals surface area contributed by atoms with Crippen molar-refractivity contribution < 1.29 is 9.47 Å². The summed E-state index contributed by atoms with van der Waals surface area (Å²) >= 11 is 0. The Labute approximate surface area is 90.3 Å². The molecule has 6 saturated carbocycles. The summed E-state index contributed by atoms with van der Waals surface area (Å²) < 4.78 is 12.2. The minimum atomic E-state index is 0.212. The molecule has 4 bridgehead atoms. The molecule has 8 rings (SSSR count). The molecule has 2 heteroatoms. The Morgan fingerprint density at radius 1 is 0.733 bits per heavy atom. The molecule has 6 unspecified atom stereocenters. The molecule has 15 heavy (non-hydrogen) atoms. The third-order valence-corrected chi connectivity index (χ3v) is 5.96. The first-order valence-electron chi connectivity index (χ1n) is 6.68. The fourth-order valence-electron chi connectivity index (χ4n) is 5.10. The van der Waals surface area contributed by atoms with Gasteiger partial charge in [-0.05, 0) is 56.8 Å². The second kappa shape index (κ2) is 2.14. The second-order valence-corrected chi connectivity index (χ2v) is 6.51. The first-order valence-corrected chi connectivity index (χ1v) is 6.68. The van der Waals surface area contributed by atoms with Gasteiger partial charge in [-0.15, -0.1) is 0 Å². The minimum Gasteiger partial charge on any atom is -0.363 e. The molecule has 82 valence electrons. The van der Waals surface area contributed by atoms with Gasteiger partial charge in [0.1, 0.15) is 11.2 Å². The lowest BCUT2D eigenvalue weighted by Crippen LogP contribution is -2.41. The summed E-state index contributed by atoms with van der Waals surface area (Å²) in [6.07, 6.45) is 10.7. The molecular weight excluding hydrogens is 188 g/mol. The quantitative estimate of drug-likeness (QED) is 0.568. The van der Waals surface area contributed by atoms with Gasteiger partial charge < -0.3 is 9.47 Å². The number of epoxide rings is 2. The molecule has 2 heterocycles. The molecule has 0 N–H and O–H groups in total. The van der Waals surface area contributed by atoms with Gasteiger partial charge in [-0.25, -0.2) is 0 Å². The van der Waals surface area contributed by atoms with Crippen molar-refractivity contribution >= 4 is 0 Å². The molecule has 2 nitrogen and oxygen atoms in total. The number of hydrogen-bond donors (Lipinski definition) is 0. The molecule has 2 saturated heterocycles. The Bertz CT molecular complexity index is 309. The Morgan fingerprint density at radius 3 is 1.73 bits per heavy atom. The zero-order valence-corrected chi connectivity index (χ0v) is 9.08. The molecule has 0 aromatic heterocycles. The molecule has 0 aromatic carbocycles. The van der Waals surface area contributed by atoms with Gasteiger partial charge in [0.2, 0.25) is 0 Å². The molecule has 6 aliphatic carbocycles. The van der Waals surface area contributed by atoms with E-state index in [1.54, 1.807) is 0 Å². The number of rotatable bonds is 0. The highest BCUT2D eigenvalue weighted by atomic mass is 16.7. The standard InChI is InChI=1S/C13H18O2/c1-3-12-10(14-12)6-8(1)5-9-2-4-13(12)11(7-9)15-13/h8-11H,1-7H2. The molecule has 2 spiro atoms. The molecule has 0 aromatic rings. The predicted molar refractivity (Wildman–Crippen MR) is 54.5 cm³/mol. The van der Waals surface area contributed by atoms with Crippen molar-refractivity contribution in [1.82, 2.24) is 0 Å². The summed E-state index contributed by atoms with van der Waals surface area (Å²) in [7, 11) is 0. The van der Waals surface area contributed by atoms with Crippen molar-refractivity contribution in [2.75, 3.05) is 0 Å². The van der Waals surface area contributed by atoms with E-state index in [2.05, 4.69) is 0 Å². The zero-order valence-electron chi connectivity index (χ0n) is 9.08. The highest BCUT2D eigenvalue weighted by Gasteiger charge is 2.81. The van der Waals surface area contributed by atoms with Crippen LogP contribution in [0.3, 0.4) is 0 Å². The van der Waals surface area contributed by atoms with Crippen molar-refractivity contribution in [3.63, 3.8) is 0 Å². The maximum absolute atomic E-state index is 6.12. The average molecular weight is 206 g/mol. The Morgan fingerprint density at radius 2 is 1.27 bits per heavy atom. The molecule has 0 amide bonds. The van der Waals surface area contributed by atoms with E-state index in [1.807, 2.05) is 0 Å². The predicted octanol–water partition coefficient (Wildman–Crippen LogP) is 2.27. The van der Waals surface area contributed by atoms with Crippen LogP contribution in [-0.4, -0.2) is 23.4 Å². The third kappa shape index (κ3) is 0.763. The van der Waals surface area contributed by atoms with E-state index < -0.39 is 0 Å². The smallest absolute Gasteiger partial charge is 0.126 e. The van der Waals surface area contributed by atoms with Gasteiger partial charge in [-0.2, -0.15) is 0 Å². The summed E-state index contributed by atoms with van der Waals surface area (Å²) in [6.45, 7) is 0. The molecule has 6 atom stereocenters. The first kappa shape index (κ1) is 8.08. The monoisotopic (exact) mass is 206 g/mol. The fraction of sp³-hybridized carbons (Fsp3) is 1.00. The molecular formula is C13H18O2. The van der Waals surface area contributed by atoms with Gasteiger partial charge in [-0.1, -0.05) is 0 Å². The minimum absolute atomic E-state index is 0.212.